The summed E-state index contributed by atoms with van der Waals surface area (Å²) in [6.45, 7) is 17.2. The van der Waals surface area contributed by atoms with Crippen LogP contribution in [-0.4, -0.2) is 11.2 Å². The van der Waals surface area contributed by atoms with Gasteiger partial charge in [0.15, 0.2) is 0 Å². The topological polar surface area (TPSA) is 20.2 Å². The second-order valence-electron chi connectivity index (χ2n) is 13.1. The Morgan fingerprint density at radius 1 is 1.06 bits per heavy atom. The number of aliphatic hydroxyl groups excluding tert-OH is 1. The van der Waals surface area contributed by atoms with Crippen LogP contribution in [0.2, 0.25) is 0 Å². The van der Waals surface area contributed by atoms with E-state index in [0.29, 0.717) is 16.7 Å². The van der Waals surface area contributed by atoms with Crippen LogP contribution in [0, 0.1) is 52.3 Å². The van der Waals surface area contributed by atoms with Crippen LogP contribution in [0.4, 0.5) is 0 Å². The fourth-order valence-electron chi connectivity index (χ4n) is 8.86. The zero-order valence-corrected chi connectivity index (χ0v) is 21.6. The molecule has 1 heteroatoms. The second-order valence-corrected chi connectivity index (χ2v) is 13.1. The maximum absolute atomic E-state index is 10.3. The molecule has 0 radical (unpaired) electrons. The highest BCUT2D eigenvalue weighted by Gasteiger charge is 2.59. The standard InChI is InChI=1S/C30H50O/c1-19(2)22(5)20(3)8-9-21(4)26-12-13-27-25-11-10-23-18-24(31)14-16-29(23,6)28(25)15-17-30(26,27)7/h8,10,19,21-22,24-28,31H,9,11-18H2,1-7H3. The molecule has 0 aromatic carbocycles. The Bertz CT molecular complexity index is 716. The quantitative estimate of drug-likeness (QED) is 0.439. The van der Waals surface area contributed by atoms with E-state index in [4.69, 9.17) is 0 Å². The molecule has 0 aromatic rings. The third-order valence-electron chi connectivity index (χ3n) is 11.4. The van der Waals surface area contributed by atoms with Gasteiger partial charge in [0.25, 0.3) is 0 Å². The van der Waals surface area contributed by atoms with Crippen molar-refractivity contribution in [3.63, 3.8) is 0 Å². The molecular formula is C30H50O. The first-order valence-electron chi connectivity index (χ1n) is 13.6. The van der Waals surface area contributed by atoms with Crippen LogP contribution in [0.3, 0.4) is 0 Å². The molecule has 4 rings (SSSR count). The van der Waals surface area contributed by atoms with Crippen LogP contribution in [0.25, 0.3) is 0 Å². The lowest BCUT2D eigenvalue weighted by Gasteiger charge is -2.58. The van der Waals surface area contributed by atoms with Gasteiger partial charge in [0.1, 0.15) is 0 Å². The minimum absolute atomic E-state index is 0.0867. The molecule has 0 heterocycles. The van der Waals surface area contributed by atoms with Gasteiger partial charge >= 0.3 is 0 Å². The predicted molar refractivity (Wildman–Crippen MR) is 133 cm³/mol. The smallest absolute Gasteiger partial charge is 0.0577 e. The average Bonchev–Trinajstić information content (AvgIpc) is 3.09. The Morgan fingerprint density at radius 3 is 2.52 bits per heavy atom. The van der Waals surface area contributed by atoms with Crippen LogP contribution in [0.1, 0.15) is 106 Å². The summed E-state index contributed by atoms with van der Waals surface area (Å²) in [5.74, 6) is 5.80. The van der Waals surface area contributed by atoms with Crippen molar-refractivity contribution < 1.29 is 5.11 Å². The lowest BCUT2D eigenvalue weighted by atomic mass is 9.47. The molecule has 0 amide bonds. The summed E-state index contributed by atoms with van der Waals surface area (Å²) in [4.78, 5) is 0. The maximum atomic E-state index is 10.3. The van der Waals surface area contributed by atoms with Crippen molar-refractivity contribution in [2.24, 2.45) is 52.3 Å². The third-order valence-corrected chi connectivity index (χ3v) is 11.4. The van der Waals surface area contributed by atoms with Crippen molar-refractivity contribution in [2.75, 3.05) is 0 Å². The van der Waals surface area contributed by atoms with E-state index in [-0.39, 0.29) is 6.10 Å². The molecule has 176 valence electrons. The van der Waals surface area contributed by atoms with Crippen LogP contribution in [0.5, 0.6) is 0 Å². The van der Waals surface area contributed by atoms with Crippen molar-refractivity contribution >= 4 is 0 Å². The van der Waals surface area contributed by atoms with E-state index >= 15 is 0 Å². The van der Waals surface area contributed by atoms with E-state index in [2.05, 4.69) is 60.6 Å². The van der Waals surface area contributed by atoms with Crippen molar-refractivity contribution in [3.05, 3.63) is 23.3 Å². The first kappa shape index (κ1) is 23.6. The van der Waals surface area contributed by atoms with Gasteiger partial charge in [0, 0.05) is 0 Å². The third kappa shape index (κ3) is 4.00. The molecule has 1 nitrogen and oxygen atoms in total. The van der Waals surface area contributed by atoms with Gasteiger partial charge < -0.3 is 5.11 Å². The predicted octanol–water partition coefficient (Wildman–Crippen LogP) is 8.19. The highest BCUT2D eigenvalue weighted by molar-refractivity contribution is 5.25. The molecular weight excluding hydrogens is 376 g/mol. The minimum Gasteiger partial charge on any atom is -0.393 e. The van der Waals surface area contributed by atoms with Crippen LogP contribution < -0.4 is 0 Å². The summed E-state index contributed by atoms with van der Waals surface area (Å²) in [6, 6.07) is 0. The number of allylic oxidation sites excluding steroid dienone is 3. The van der Waals surface area contributed by atoms with Gasteiger partial charge in [-0.05, 0) is 117 Å². The normalized spacial score (nSPS) is 44.9. The average molecular weight is 427 g/mol. The van der Waals surface area contributed by atoms with Crippen molar-refractivity contribution in [1.29, 1.82) is 0 Å². The molecule has 0 spiro atoms. The van der Waals surface area contributed by atoms with Gasteiger partial charge in [-0.3, -0.25) is 0 Å². The van der Waals surface area contributed by atoms with E-state index in [1.165, 1.54) is 44.9 Å². The van der Waals surface area contributed by atoms with Crippen LogP contribution in [-0.2, 0) is 0 Å². The monoisotopic (exact) mass is 426 g/mol. The number of fused-ring (bicyclic) bond motifs is 5. The molecule has 9 unspecified atom stereocenters. The number of aliphatic hydroxyl groups is 1. The van der Waals surface area contributed by atoms with Crippen LogP contribution >= 0.6 is 0 Å². The number of hydrogen-bond donors (Lipinski definition) is 1. The molecule has 0 bridgehead atoms. The number of rotatable bonds is 5. The molecule has 0 saturated heterocycles. The molecule has 0 aromatic heterocycles. The first-order valence-corrected chi connectivity index (χ1v) is 13.6. The number of hydrogen-bond acceptors (Lipinski definition) is 1. The van der Waals surface area contributed by atoms with Gasteiger partial charge in [0.2, 0.25) is 0 Å². The van der Waals surface area contributed by atoms with E-state index in [0.717, 1.165) is 48.3 Å². The highest BCUT2D eigenvalue weighted by Crippen LogP contribution is 2.67. The zero-order chi connectivity index (χ0) is 22.6. The molecule has 4 aliphatic carbocycles. The second kappa shape index (κ2) is 8.66. The molecule has 4 aliphatic rings. The fourth-order valence-corrected chi connectivity index (χ4v) is 8.86. The summed E-state index contributed by atoms with van der Waals surface area (Å²) in [6.07, 6.45) is 16.6. The minimum atomic E-state index is -0.0867. The molecule has 1 N–H and O–H groups in total. The Hall–Kier alpha value is -0.560. The van der Waals surface area contributed by atoms with Gasteiger partial charge in [-0.15, -0.1) is 0 Å². The Morgan fingerprint density at radius 2 is 1.81 bits per heavy atom. The van der Waals surface area contributed by atoms with Crippen molar-refractivity contribution in [2.45, 2.75) is 112 Å². The zero-order valence-electron chi connectivity index (χ0n) is 21.6. The molecule has 9 atom stereocenters. The van der Waals surface area contributed by atoms with Crippen LogP contribution in [0.15, 0.2) is 23.3 Å². The molecule has 3 fully saturated rings. The van der Waals surface area contributed by atoms with E-state index < -0.39 is 0 Å². The van der Waals surface area contributed by atoms with Gasteiger partial charge in [-0.25, -0.2) is 0 Å². The molecule has 3 saturated carbocycles. The van der Waals surface area contributed by atoms with Gasteiger partial charge in [-0.2, -0.15) is 0 Å². The Balaban J connectivity index is 1.49. The van der Waals surface area contributed by atoms with Gasteiger partial charge in [0.05, 0.1) is 6.10 Å². The van der Waals surface area contributed by atoms with E-state index in [1.807, 2.05) is 0 Å². The first-order chi connectivity index (χ1) is 14.6. The molecule has 0 aliphatic heterocycles. The van der Waals surface area contributed by atoms with E-state index in [9.17, 15) is 5.11 Å². The Labute approximate surface area is 193 Å². The SMILES string of the molecule is CC(=CCC(C)C1CCC2C3CC=C4CC(O)CCC4(C)C3CCC12C)C(C)C(C)C. The fraction of sp³-hybridized carbons (Fsp3) is 0.867. The lowest BCUT2D eigenvalue weighted by Crippen LogP contribution is -2.50. The van der Waals surface area contributed by atoms with Crippen molar-refractivity contribution in [3.8, 4) is 0 Å². The van der Waals surface area contributed by atoms with Crippen molar-refractivity contribution in [1.82, 2.24) is 0 Å². The van der Waals surface area contributed by atoms with Gasteiger partial charge in [-0.1, -0.05) is 64.8 Å². The largest absolute Gasteiger partial charge is 0.393 e. The Kier molecular flexibility index (Phi) is 6.59. The summed E-state index contributed by atoms with van der Waals surface area (Å²) >= 11 is 0. The highest BCUT2D eigenvalue weighted by atomic mass is 16.3. The molecule has 31 heavy (non-hydrogen) atoms. The van der Waals surface area contributed by atoms with E-state index in [1.54, 1.807) is 11.1 Å². The summed E-state index contributed by atoms with van der Waals surface area (Å²) < 4.78 is 0. The summed E-state index contributed by atoms with van der Waals surface area (Å²) in [5.41, 5.74) is 4.13. The summed E-state index contributed by atoms with van der Waals surface area (Å²) in [7, 11) is 0. The maximum Gasteiger partial charge on any atom is 0.0577 e. The summed E-state index contributed by atoms with van der Waals surface area (Å²) in [5, 5.41) is 10.3. The lowest BCUT2D eigenvalue weighted by molar-refractivity contribution is -0.0565.